The van der Waals surface area contributed by atoms with Crippen LogP contribution < -0.4 is 0 Å². The van der Waals surface area contributed by atoms with Crippen molar-refractivity contribution in [1.82, 2.24) is 0 Å². The lowest BCUT2D eigenvalue weighted by Gasteiger charge is -2.36. The SMILES string of the molecule is C=CCC1CCC(O)(CCCCC)CC1. The first-order chi connectivity index (χ1) is 7.20. The van der Waals surface area contributed by atoms with Crippen LogP contribution in [0.3, 0.4) is 0 Å². The second-order valence-electron chi connectivity index (χ2n) is 5.15. The predicted octanol–water partition coefficient (Wildman–Crippen LogP) is 4.06. The second kappa shape index (κ2) is 6.32. The molecule has 1 heteroatoms. The van der Waals surface area contributed by atoms with Crippen LogP contribution in [-0.2, 0) is 0 Å². The zero-order valence-electron chi connectivity index (χ0n) is 10.2. The lowest BCUT2D eigenvalue weighted by Crippen LogP contribution is -2.33. The molecule has 0 amide bonds. The summed E-state index contributed by atoms with van der Waals surface area (Å²) in [7, 11) is 0. The first-order valence-electron chi connectivity index (χ1n) is 6.53. The number of hydrogen-bond acceptors (Lipinski definition) is 1. The fourth-order valence-corrected chi connectivity index (χ4v) is 2.64. The molecule has 1 nitrogen and oxygen atoms in total. The fraction of sp³-hybridized carbons (Fsp3) is 0.857. The van der Waals surface area contributed by atoms with E-state index in [9.17, 15) is 5.11 Å². The normalized spacial score (nSPS) is 31.5. The number of unbranched alkanes of at least 4 members (excludes halogenated alkanes) is 2. The average Bonchev–Trinajstić information content (AvgIpc) is 2.23. The Labute approximate surface area is 94.6 Å². The van der Waals surface area contributed by atoms with Crippen LogP contribution in [0.1, 0.15) is 64.7 Å². The van der Waals surface area contributed by atoms with Gasteiger partial charge in [-0.1, -0.05) is 32.3 Å². The molecule has 1 aliphatic carbocycles. The summed E-state index contributed by atoms with van der Waals surface area (Å²) in [4.78, 5) is 0. The first-order valence-corrected chi connectivity index (χ1v) is 6.53. The molecule has 0 unspecified atom stereocenters. The number of rotatable bonds is 6. The van der Waals surface area contributed by atoms with Crippen molar-refractivity contribution in [1.29, 1.82) is 0 Å². The third-order valence-electron chi connectivity index (χ3n) is 3.78. The molecule has 0 atom stereocenters. The predicted molar refractivity (Wildman–Crippen MR) is 65.9 cm³/mol. The van der Waals surface area contributed by atoms with Gasteiger partial charge >= 0.3 is 0 Å². The molecule has 0 radical (unpaired) electrons. The Morgan fingerprint density at radius 2 is 2.00 bits per heavy atom. The van der Waals surface area contributed by atoms with Gasteiger partial charge in [-0.15, -0.1) is 6.58 Å². The molecule has 0 aromatic rings. The third-order valence-corrected chi connectivity index (χ3v) is 3.78. The van der Waals surface area contributed by atoms with E-state index in [1.54, 1.807) is 0 Å². The second-order valence-corrected chi connectivity index (χ2v) is 5.15. The average molecular weight is 210 g/mol. The maximum Gasteiger partial charge on any atom is 0.0648 e. The van der Waals surface area contributed by atoms with Crippen LogP contribution in [0.4, 0.5) is 0 Å². The Hall–Kier alpha value is -0.300. The van der Waals surface area contributed by atoms with Gasteiger partial charge in [0, 0.05) is 0 Å². The molecule has 0 aromatic heterocycles. The van der Waals surface area contributed by atoms with Gasteiger partial charge in [-0.3, -0.25) is 0 Å². The van der Waals surface area contributed by atoms with E-state index in [4.69, 9.17) is 0 Å². The van der Waals surface area contributed by atoms with E-state index >= 15 is 0 Å². The van der Waals surface area contributed by atoms with Crippen molar-refractivity contribution in [3.05, 3.63) is 12.7 Å². The number of aliphatic hydroxyl groups is 1. The maximum atomic E-state index is 10.4. The Bertz CT molecular complexity index is 178. The van der Waals surface area contributed by atoms with Crippen molar-refractivity contribution >= 4 is 0 Å². The van der Waals surface area contributed by atoms with E-state index < -0.39 is 0 Å². The zero-order valence-corrected chi connectivity index (χ0v) is 10.2. The van der Waals surface area contributed by atoms with Crippen LogP contribution in [-0.4, -0.2) is 10.7 Å². The molecule has 1 aliphatic rings. The summed E-state index contributed by atoms with van der Waals surface area (Å²) in [6.07, 6.45) is 12.3. The van der Waals surface area contributed by atoms with Crippen LogP contribution in [0.5, 0.6) is 0 Å². The van der Waals surface area contributed by atoms with Crippen LogP contribution in [0, 0.1) is 5.92 Å². The molecule has 1 fully saturated rings. The van der Waals surface area contributed by atoms with E-state index in [2.05, 4.69) is 13.5 Å². The highest BCUT2D eigenvalue weighted by Crippen LogP contribution is 2.36. The van der Waals surface area contributed by atoms with Gasteiger partial charge in [0.25, 0.3) is 0 Å². The summed E-state index contributed by atoms with van der Waals surface area (Å²) in [6.45, 7) is 6.00. The highest BCUT2D eigenvalue weighted by atomic mass is 16.3. The molecule has 0 aromatic carbocycles. The highest BCUT2D eigenvalue weighted by molar-refractivity contribution is 4.87. The van der Waals surface area contributed by atoms with Crippen LogP contribution >= 0.6 is 0 Å². The van der Waals surface area contributed by atoms with E-state index in [0.29, 0.717) is 0 Å². The molecular weight excluding hydrogens is 184 g/mol. The minimum Gasteiger partial charge on any atom is -0.390 e. The molecule has 0 heterocycles. The number of allylic oxidation sites excluding steroid dienone is 1. The molecule has 88 valence electrons. The summed E-state index contributed by atoms with van der Waals surface area (Å²) in [6, 6.07) is 0. The molecule has 15 heavy (non-hydrogen) atoms. The summed E-state index contributed by atoms with van der Waals surface area (Å²) in [5.74, 6) is 0.786. The summed E-state index contributed by atoms with van der Waals surface area (Å²) < 4.78 is 0. The van der Waals surface area contributed by atoms with Gasteiger partial charge in [0.2, 0.25) is 0 Å². The van der Waals surface area contributed by atoms with Gasteiger partial charge in [0.15, 0.2) is 0 Å². The molecule has 1 N–H and O–H groups in total. The van der Waals surface area contributed by atoms with Crippen molar-refractivity contribution in [2.75, 3.05) is 0 Å². The quantitative estimate of drug-likeness (QED) is 0.517. The van der Waals surface area contributed by atoms with Crippen LogP contribution in [0.25, 0.3) is 0 Å². The number of hydrogen-bond donors (Lipinski definition) is 1. The maximum absolute atomic E-state index is 10.4. The minimum absolute atomic E-state index is 0.327. The van der Waals surface area contributed by atoms with Crippen molar-refractivity contribution in [3.8, 4) is 0 Å². The molecule has 0 spiro atoms. The van der Waals surface area contributed by atoms with Crippen LogP contribution in [0.15, 0.2) is 12.7 Å². The van der Waals surface area contributed by atoms with Crippen molar-refractivity contribution < 1.29 is 5.11 Å². The van der Waals surface area contributed by atoms with E-state index in [-0.39, 0.29) is 5.60 Å². The van der Waals surface area contributed by atoms with Crippen molar-refractivity contribution in [2.24, 2.45) is 5.92 Å². The standard InChI is InChI=1S/C14H26O/c1-3-5-6-10-14(15)11-8-13(7-4-2)9-12-14/h4,13,15H,2-3,5-12H2,1H3. The Balaban J connectivity index is 2.24. The lowest BCUT2D eigenvalue weighted by atomic mass is 9.75. The largest absolute Gasteiger partial charge is 0.390 e. The molecule has 0 aliphatic heterocycles. The Morgan fingerprint density at radius 1 is 1.33 bits per heavy atom. The summed E-state index contributed by atoms with van der Waals surface area (Å²) >= 11 is 0. The van der Waals surface area contributed by atoms with Crippen molar-refractivity contribution in [3.63, 3.8) is 0 Å². The van der Waals surface area contributed by atoms with Gasteiger partial charge in [0.05, 0.1) is 5.60 Å². The third kappa shape index (κ3) is 4.38. The van der Waals surface area contributed by atoms with E-state index in [0.717, 1.165) is 31.6 Å². The molecule has 0 saturated heterocycles. The van der Waals surface area contributed by atoms with E-state index in [1.165, 1.54) is 32.1 Å². The molecule has 1 rings (SSSR count). The van der Waals surface area contributed by atoms with Gasteiger partial charge in [-0.05, 0) is 44.4 Å². The minimum atomic E-state index is -0.327. The van der Waals surface area contributed by atoms with Gasteiger partial charge in [-0.2, -0.15) is 0 Å². The topological polar surface area (TPSA) is 20.2 Å². The molecular formula is C14H26O. The lowest BCUT2D eigenvalue weighted by molar-refractivity contribution is -0.0180. The van der Waals surface area contributed by atoms with Gasteiger partial charge < -0.3 is 5.11 Å². The molecule has 1 saturated carbocycles. The van der Waals surface area contributed by atoms with Gasteiger partial charge in [-0.25, -0.2) is 0 Å². The van der Waals surface area contributed by atoms with Crippen molar-refractivity contribution in [2.45, 2.75) is 70.3 Å². The van der Waals surface area contributed by atoms with Gasteiger partial charge in [0.1, 0.15) is 0 Å². The monoisotopic (exact) mass is 210 g/mol. The zero-order chi connectivity index (χ0) is 11.1. The smallest absolute Gasteiger partial charge is 0.0648 e. The summed E-state index contributed by atoms with van der Waals surface area (Å²) in [5, 5.41) is 10.4. The Kier molecular flexibility index (Phi) is 5.38. The highest BCUT2D eigenvalue weighted by Gasteiger charge is 2.31. The summed E-state index contributed by atoms with van der Waals surface area (Å²) in [5.41, 5.74) is -0.327. The van der Waals surface area contributed by atoms with Crippen LogP contribution in [0.2, 0.25) is 0 Å². The molecule has 0 bridgehead atoms. The fourth-order valence-electron chi connectivity index (χ4n) is 2.64. The Morgan fingerprint density at radius 3 is 2.53 bits per heavy atom. The first kappa shape index (κ1) is 12.8. The van der Waals surface area contributed by atoms with E-state index in [1.807, 2.05) is 6.08 Å².